The Morgan fingerprint density at radius 2 is 1.81 bits per heavy atom. The van der Waals surface area contributed by atoms with Crippen molar-refractivity contribution < 1.29 is 9.47 Å². The summed E-state index contributed by atoms with van der Waals surface area (Å²) in [6.07, 6.45) is 2.26. The lowest BCUT2D eigenvalue weighted by Crippen LogP contribution is -2.16. The summed E-state index contributed by atoms with van der Waals surface area (Å²) in [5.41, 5.74) is 3.91. The van der Waals surface area contributed by atoms with Gasteiger partial charge in [0.25, 0.3) is 0 Å². The molecule has 1 aliphatic carbocycles. The van der Waals surface area contributed by atoms with Crippen LogP contribution >= 0.6 is 15.9 Å². The predicted molar refractivity (Wildman–Crippen MR) is 86.3 cm³/mol. The second-order valence-electron chi connectivity index (χ2n) is 5.41. The molecular weight excluding hydrogens is 330 g/mol. The minimum atomic E-state index is 0.361. The predicted octanol–water partition coefficient (Wildman–Crippen LogP) is 4.32. The molecule has 0 aromatic heterocycles. The van der Waals surface area contributed by atoms with Crippen LogP contribution in [0.15, 0.2) is 40.9 Å². The normalized spacial score (nSPS) is 19.2. The lowest BCUT2D eigenvalue weighted by molar-refractivity contribution is 0.171. The molecule has 1 aliphatic heterocycles. The van der Waals surface area contributed by atoms with Crippen molar-refractivity contribution in [3.05, 3.63) is 52.0 Å². The van der Waals surface area contributed by atoms with Crippen molar-refractivity contribution in [2.75, 3.05) is 18.5 Å². The van der Waals surface area contributed by atoms with Crippen molar-refractivity contribution in [1.82, 2.24) is 0 Å². The van der Waals surface area contributed by atoms with Crippen molar-refractivity contribution in [1.29, 1.82) is 0 Å². The zero-order valence-electron chi connectivity index (χ0n) is 11.6. The van der Waals surface area contributed by atoms with Crippen LogP contribution in [0.2, 0.25) is 0 Å². The first-order valence-electron chi connectivity index (χ1n) is 7.25. The van der Waals surface area contributed by atoms with E-state index in [-0.39, 0.29) is 0 Å². The molecule has 0 spiro atoms. The number of ether oxygens (including phenoxy) is 2. The average Bonchev–Trinajstić information content (AvgIpc) is 2.91. The SMILES string of the molecule is Brc1cc2c(cc1NC1CCc3ccccc31)OCCO2. The van der Waals surface area contributed by atoms with Crippen molar-refractivity contribution in [2.45, 2.75) is 18.9 Å². The zero-order valence-corrected chi connectivity index (χ0v) is 13.2. The highest BCUT2D eigenvalue weighted by Crippen LogP contribution is 2.41. The third-order valence-electron chi connectivity index (χ3n) is 4.09. The van der Waals surface area contributed by atoms with Gasteiger partial charge in [-0.15, -0.1) is 0 Å². The quantitative estimate of drug-likeness (QED) is 0.879. The van der Waals surface area contributed by atoms with Crippen molar-refractivity contribution in [3.8, 4) is 11.5 Å². The number of hydrogen-bond acceptors (Lipinski definition) is 3. The van der Waals surface area contributed by atoms with Gasteiger partial charge in [-0.25, -0.2) is 0 Å². The van der Waals surface area contributed by atoms with Crippen LogP contribution in [-0.4, -0.2) is 13.2 Å². The topological polar surface area (TPSA) is 30.5 Å². The van der Waals surface area contributed by atoms with E-state index in [2.05, 4.69) is 45.5 Å². The van der Waals surface area contributed by atoms with Gasteiger partial charge in [-0.05, 0) is 39.9 Å². The van der Waals surface area contributed by atoms with Gasteiger partial charge in [0.05, 0.1) is 11.7 Å². The molecule has 0 amide bonds. The van der Waals surface area contributed by atoms with Gasteiger partial charge in [0, 0.05) is 16.6 Å². The van der Waals surface area contributed by atoms with Gasteiger partial charge in [-0.3, -0.25) is 0 Å². The molecule has 4 heteroatoms. The summed E-state index contributed by atoms with van der Waals surface area (Å²) in [6, 6.07) is 13.0. The van der Waals surface area contributed by atoms with Crippen LogP contribution in [0.25, 0.3) is 0 Å². The summed E-state index contributed by atoms with van der Waals surface area (Å²) in [6.45, 7) is 1.22. The Kier molecular flexibility index (Phi) is 3.26. The average molecular weight is 346 g/mol. The Labute approximate surface area is 132 Å². The van der Waals surface area contributed by atoms with E-state index < -0.39 is 0 Å². The molecule has 0 saturated heterocycles. The molecule has 2 aromatic carbocycles. The van der Waals surface area contributed by atoms with E-state index in [9.17, 15) is 0 Å². The minimum absolute atomic E-state index is 0.361. The van der Waals surface area contributed by atoms with E-state index in [0.29, 0.717) is 19.3 Å². The van der Waals surface area contributed by atoms with Gasteiger partial charge < -0.3 is 14.8 Å². The second-order valence-corrected chi connectivity index (χ2v) is 6.26. The lowest BCUT2D eigenvalue weighted by Gasteiger charge is -2.22. The third-order valence-corrected chi connectivity index (χ3v) is 4.75. The smallest absolute Gasteiger partial charge is 0.163 e. The number of halogens is 1. The number of hydrogen-bond donors (Lipinski definition) is 1. The Bertz CT molecular complexity index is 686. The van der Waals surface area contributed by atoms with Gasteiger partial charge in [-0.2, -0.15) is 0 Å². The fourth-order valence-electron chi connectivity index (χ4n) is 3.07. The maximum Gasteiger partial charge on any atom is 0.163 e. The van der Waals surface area contributed by atoms with Crippen molar-refractivity contribution >= 4 is 21.6 Å². The van der Waals surface area contributed by atoms with E-state index in [1.165, 1.54) is 11.1 Å². The Morgan fingerprint density at radius 1 is 1.05 bits per heavy atom. The molecule has 108 valence electrons. The molecule has 1 heterocycles. The summed E-state index contributed by atoms with van der Waals surface area (Å²) < 4.78 is 12.3. The van der Waals surface area contributed by atoms with E-state index in [4.69, 9.17) is 9.47 Å². The fraction of sp³-hybridized carbons (Fsp3) is 0.294. The van der Waals surface area contributed by atoms with Gasteiger partial charge >= 0.3 is 0 Å². The van der Waals surface area contributed by atoms with Gasteiger partial charge in [0.1, 0.15) is 13.2 Å². The monoisotopic (exact) mass is 345 g/mol. The Balaban J connectivity index is 1.63. The molecule has 0 saturated carbocycles. The molecule has 1 unspecified atom stereocenters. The minimum Gasteiger partial charge on any atom is -0.486 e. The first kappa shape index (κ1) is 13.0. The van der Waals surface area contributed by atoms with Gasteiger partial charge in [-0.1, -0.05) is 24.3 Å². The fourth-order valence-corrected chi connectivity index (χ4v) is 3.51. The van der Waals surface area contributed by atoms with Crippen molar-refractivity contribution in [2.24, 2.45) is 0 Å². The summed E-state index contributed by atoms with van der Waals surface area (Å²) in [7, 11) is 0. The van der Waals surface area contributed by atoms with Gasteiger partial charge in [0.15, 0.2) is 11.5 Å². The summed E-state index contributed by atoms with van der Waals surface area (Å²) in [5.74, 6) is 1.63. The maximum atomic E-state index is 5.67. The van der Waals surface area contributed by atoms with Crippen LogP contribution in [0.5, 0.6) is 11.5 Å². The molecule has 1 N–H and O–H groups in total. The molecular formula is C17H16BrNO2. The third kappa shape index (κ3) is 2.38. The highest BCUT2D eigenvalue weighted by atomic mass is 79.9. The van der Waals surface area contributed by atoms with Crippen LogP contribution in [0, 0.1) is 0 Å². The first-order valence-corrected chi connectivity index (χ1v) is 8.04. The number of anilines is 1. The number of benzene rings is 2. The highest BCUT2D eigenvalue weighted by molar-refractivity contribution is 9.10. The van der Waals surface area contributed by atoms with Crippen LogP contribution in [0.4, 0.5) is 5.69 Å². The molecule has 2 aliphatic rings. The standard InChI is InChI=1S/C17H16BrNO2/c18-13-9-16-17(21-8-7-20-16)10-15(13)19-14-6-5-11-3-1-2-4-12(11)14/h1-4,9-10,14,19H,5-8H2. The largest absolute Gasteiger partial charge is 0.486 e. The molecule has 3 nitrogen and oxygen atoms in total. The molecule has 21 heavy (non-hydrogen) atoms. The van der Waals surface area contributed by atoms with E-state index in [0.717, 1.165) is 34.5 Å². The second kappa shape index (κ2) is 5.26. The molecule has 0 fully saturated rings. The summed E-state index contributed by atoms with van der Waals surface area (Å²) in [5, 5.41) is 3.63. The molecule has 2 aromatic rings. The van der Waals surface area contributed by atoms with Gasteiger partial charge in [0.2, 0.25) is 0 Å². The van der Waals surface area contributed by atoms with Crippen LogP contribution in [-0.2, 0) is 6.42 Å². The van der Waals surface area contributed by atoms with Crippen LogP contribution in [0.3, 0.4) is 0 Å². The van der Waals surface area contributed by atoms with Crippen LogP contribution < -0.4 is 14.8 Å². The number of rotatable bonds is 2. The summed E-state index contributed by atoms with van der Waals surface area (Å²) >= 11 is 3.62. The Hall–Kier alpha value is -1.68. The molecule has 0 radical (unpaired) electrons. The maximum absolute atomic E-state index is 5.67. The highest BCUT2D eigenvalue weighted by Gasteiger charge is 2.23. The van der Waals surface area contributed by atoms with Crippen molar-refractivity contribution in [3.63, 3.8) is 0 Å². The van der Waals surface area contributed by atoms with E-state index >= 15 is 0 Å². The number of fused-ring (bicyclic) bond motifs is 2. The molecule has 4 rings (SSSR count). The van der Waals surface area contributed by atoms with E-state index in [1.807, 2.05) is 12.1 Å². The van der Waals surface area contributed by atoms with E-state index in [1.54, 1.807) is 0 Å². The summed E-state index contributed by atoms with van der Waals surface area (Å²) in [4.78, 5) is 0. The molecule has 0 bridgehead atoms. The lowest BCUT2D eigenvalue weighted by atomic mass is 10.1. The number of nitrogens with one attached hydrogen (secondary N) is 1. The number of aryl methyl sites for hydroxylation is 1. The first-order chi connectivity index (χ1) is 10.3. The zero-order chi connectivity index (χ0) is 14.2. The Morgan fingerprint density at radius 3 is 2.67 bits per heavy atom. The van der Waals surface area contributed by atoms with Crippen LogP contribution in [0.1, 0.15) is 23.6 Å². The molecule has 1 atom stereocenters.